The smallest absolute Gasteiger partial charge is 0.253 e. The van der Waals surface area contributed by atoms with E-state index in [0.29, 0.717) is 23.6 Å². The Balaban J connectivity index is 1.65. The fourth-order valence-corrected chi connectivity index (χ4v) is 3.75. The van der Waals surface area contributed by atoms with Crippen molar-refractivity contribution in [2.75, 3.05) is 34.4 Å². The first-order valence-electron chi connectivity index (χ1n) is 9.89. The minimum Gasteiger partial charge on any atom is -0.493 e. The standard InChI is InChI=1S/C23H30N2O3/c1-24(17-20-8-7-9-21(27-2)22(20)28-3)23(26)19-12-10-18(11-13-19)16-25-14-5-4-6-15-25/h7-13H,4-6,14-17H2,1-3H3. The number of ether oxygens (including phenoxy) is 2. The van der Waals surface area contributed by atoms with Crippen LogP contribution < -0.4 is 9.47 Å². The van der Waals surface area contributed by atoms with Crippen molar-refractivity contribution in [1.29, 1.82) is 0 Å². The van der Waals surface area contributed by atoms with Crippen LogP contribution in [-0.2, 0) is 13.1 Å². The van der Waals surface area contributed by atoms with Gasteiger partial charge in [0.15, 0.2) is 11.5 Å². The van der Waals surface area contributed by atoms with Crippen molar-refractivity contribution in [2.45, 2.75) is 32.4 Å². The van der Waals surface area contributed by atoms with Gasteiger partial charge in [-0.1, -0.05) is 30.7 Å². The summed E-state index contributed by atoms with van der Waals surface area (Å²) >= 11 is 0. The minimum absolute atomic E-state index is 0.00519. The molecule has 1 heterocycles. The fourth-order valence-electron chi connectivity index (χ4n) is 3.75. The van der Waals surface area contributed by atoms with Crippen LogP contribution in [0.4, 0.5) is 0 Å². The van der Waals surface area contributed by atoms with Gasteiger partial charge in [-0.2, -0.15) is 0 Å². The maximum atomic E-state index is 12.8. The van der Waals surface area contributed by atoms with Crippen LogP contribution in [0.5, 0.6) is 11.5 Å². The van der Waals surface area contributed by atoms with Crippen LogP contribution in [0, 0.1) is 0 Å². The van der Waals surface area contributed by atoms with Crippen molar-refractivity contribution in [3.8, 4) is 11.5 Å². The summed E-state index contributed by atoms with van der Waals surface area (Å²) in [5.74, 6) is 1.33. The molecule has 0 saturated carbocycles. The molecule has 1 amide bonds. The fraction of sp³-hybridized carbons (Fsp3) is 0.435. The second-order valence-corrected chi connectivity index (χ2v) is 7.35. The summed E-state index contributed by atoms with van der Waals surface area (Å²) in [5.41, 5.74) is 2.88. The predicted octanol–water partition coefficient (Wildman–Crippen LogP) is 3.96. The number of methoxy groups -OCH3 is 2. The highest BCUT2D eigenvalue weighted by Crippen LogP contribution is 2.31. The van der Waals surface area contributed by atoms with Crippen molar-refractivity contribution in [3.05, 3.63) is 59.2 Å². The molecule has 0 aromatic heterocycles. The molecule has 0 aliphatic carbocycles. The molecule has 0 unspecified atom stereocenters. The summed E-state index contributed by atoms with van der Waals surface area (Å²) in [6, 6.07) is 13.7. The lowest BCUT2D eigenvalue weighted by molar-refractivity contribution is 0.0784. The average molecular weight is 383 g/mol. The number of benzene rings is 2. The summed E-state index contributed by atoms with van der Waals surface area (Å²) < 4.78 is 10.8. The Morgan fingerprint density at radius 1 is 1.00 bits per heavy atom. The molecule has 1 saturated heterocycles. The third-order valence-corrected chi connectivity index (χ3v) is 5.29. The maximum absolute atomic E-state index is 12.8. The number of piperidine rings is 1. The number of para-hydroxylation sites is 1. The first-order valence-corrected chi connectivity index (χ1v) is 9.89. The lowest BCUT2D eigenvalue weighted by atomic mass is 10.1. The second kappa shape index (κ2) is 9.60. The lowest BCUT2D eigenvalue weighted by Gasteiger charge is -2.26. The van der Waals surface area contributed by atoms with Gasteiger partial charge in [0.25, 0.3) is 5.91 Å². The van der Waals surface area contributed by atoms with Crippen LogP contribution in [0.15, 0.2) is 42.5 Å². The SMILES string of the molecule is COc1cccc(CN(C)C(=O)c2ccc(CN3CCCCC3)cc2)c1OC. The van der Waals surface area contributed by atoms with E-state index in [0.717, 1.165) is 12.1 Å². The summed E-state index contributed by atoms with van der Waals surface area (Å²) in [6.45, 7) is 3.76. The molecule has 0 bridgehead atoms. The van der Waals surface area contributed by atoms with E-state index in [1.807, 2.05) is 37.4 Å². The molecule has 0 atom stereocenters. The topological polar surface area (TPSA) is 42.0 Å². The van der Waals surface area contributed by atoms with E-state index in [4.69, 9.17) is 9.47 Å². The number of carbonyl (C=O) groups is 1. The van der Waals surface area contributed by atoms with Gasteiger partial charge < -0.3 is 14.4 Å². The largest absolute Gasteiger partial charge is 0.493 e. The molecule has 5 nitrogen and oxygen atoms in total. The minimum atomic E-state index is -0.00519. The Morgan fingerprint density at radius 3 is 2.36 bits per heavy atom. The van der Waals surface area contributed by atoms with Gasteiger partial charge in [0.1, 0.15) is 0 Å². The van der Waals surface area contributed by atoms with Crippen LogP contribution in [-0.4, -0.2) is 50.1 Å². The zero-order valence-corrected chi connectivity index (χ0v) is 17.1. The second-order valence-electron chi connectivity index (χ2n) is 7.35. The quantitative estimate of drug-likeness (QED) is 0.727. The molecule has 0 N–H and O–H groups in total. The Hall–Kier alpha value is -2.53. The molecule has 1 aliphatic heterocycles. The molecule has 2 aromatic rings. The van der Waals surface area contributed by atoms with Crippen molar-refractivity contribution in [2.24, 2.45) is 0 Å². The third-order valence-electron chi connectivity index (χ3n) is 5.29. The third kappa shape index (κ3) is 4.84. The Labute approximate surface area is 167 Å². The first kappa shape index (κ1) is 20.2. The number of likely N-dealkylation sites (tertiary alicyclic amines) is 1. The highest BCUT2D eigenvalue weighted by atomic mass is 16.5. The van der Waals surface area contributed by atoms with Gasteiger partial charge in [0.2, 0.25) is 0 Å². The van der Waals surface area contributed by atoms with Crippen molar-refractivity contribution in [3.63, 3.8) is 0 Å². The number of rotatable bonds is 7. The molecular weight excluding hydrogens is 352 g/mol. The molecule has 28 heavy (non-hydrogen) atoms. The molecule has 1 fully saturated rings. The summed E-state index contributed by atoms with van der Waals surface area (Å²) in [5, 5.41) is 0. The van der Waals surface area contributed by atoms with E-state index < -0.39 is 0 Å². The molecule has 2 aromatic carbocycles. The van der Waals surface area contributed by atoms with Crippen LogP contribution in [0.1, 0.15) is 40.7 Å². The number of hydrogen-bond donors (Lipinski definition) is 0. The lowest BCUT2D eigenvalue weighted by Crippen LogP contribution is -2.29. The van der Waals surface area contributed by atoms with E-state index in [1.165, 1.54) is 37.9 Å². The molecular formula is C23H30N2O3. The zero-order chi connectivity index (χ0) is 19.9. The number of carbonyl (C=O) groups excluding carboxylic acids is 1. The van der Waals surface area contributed by atoms with Crippen LogP contribution in [0.2, 0.25) is 0 Å². The molecule has 0 spiro atoms. The normalized spacial score (nSPS) is 14.5. The van der Waals surface area contributed by atoms with E-state index in [1.54, 1.807) is 19.1 Å². The van der Waals surface area contributed by atoms with Gasteiger partial charge >= 0.3 is 0 Å². The Bertz CT molecular complexity index is 783. The monoisotopic (exact) mass is 382 g/mol. The molecule has 0 radical (unpaired) electrons. The molecule has 3 rings (SSSR count). The van der Waals surface area contributed by atoms with Crippen molar-refractivity contribution >= 4 is 5.91 Å². The van der Waals surface area contributed by atoms with Crippen LogP contribution in [0.25, 0.3) is 0 Å². The maximum Gasteiger partial charge on any atom is 0.253 e. The molecule has 5 heteroatoms. The number of amides is 1. The van der Waals surface area contributed by atoms with Gasteiger partial charge in [-0.25, -0.2) is 0 Å². The van der Waals surface area contributed by atoms with E-state index in [2.05, 4.69) is 17.0 Å². The first-order chi connectivity index (χ1) is 13.6. The van der Waals surface area contributed by atoms with Gasteiger partial charge in [-0.3, -0.25) is 9.69 Å². The van der Waals surface area contributed by atoms with Crippen molar-refractivity contribution in [1.82, 2.24) is 9.80 Å². The van der Waals surface area contributed by atoms with E-state index in [-0.39, 0.29) is 5.91 Å². The highest BCUT2D eigenvalue weighted by Gasteiger charge is 2.17. The summed E-state index contributed by atoms with van der Waals surface area (Å²) in [6.07, 6.45) is 3.92. The van der Waals surface area contributed by atoms with Gasteiger partial charge in [0.05, 0.1) is 14.2 Å². The predicted molar refractivity (Wildman–Crippen MR) is 111 cm³/mol. The average Bonchev–Trinajstić information content (AvgIpc) is 2.74. The van der Waals surface area contributed by atoms with Crippen LogP contribution >= 0.6 is 0 Å². The summed E-state index contributed by atoms with van der Waals surface area (Å²) in [4.78, 5) is 17.0. The number of nitrogens with zero attached hydrogens (tertiary/aromatic N) is 2. The van der Waals surface area contributed by atoms with Gasteiger partial charge in [-0.15, -0.1) is 0 Å². The molecule has 1 aliphatic rings. The van der Waals surface area contributed by atoms with E-state index >= 15 is 0 Å². The zero-order valence-electron chi connectivity index (χ0n) is 17.1. The Morgan fingerprint density at radius 2 is 1.71 bits per heavy atom. The van der Waals surface area contributed by atoms with Gasteiger partial charge in [0, 0.05) is 31.3 Å². The van der Waals surface area contributed by atoms with E-state index in [9.17, 15) is 4.79 Å². The van der Waals surface area contributed by atoms with Gasteiger partial charge in [-0.05, 0) is 49.7 Å². The number of hydrogen-bond acceptors (Lipinski definition) is 4. The summed E-state index contributed by atoms with van der Waals surface area (Å²) in [7, 11) is 5.04. The van der Waals surface area contributed by atoms with Crippen LogP contribution in [0.3, 0.4) is 0 Å². The Kier molecular flexibility index (Phi) is 6.93. The molecule has 150 valence electrons. The highest BCUT2D eigenvalue weighted by molar-refractivity contribution is 5.94. The van der Waals surface area contributed by atoms with Crippen molar-refractivity contribution < 1.29 is 14.3 Å².